The molecule has 4 N–H and O–H groups in total. The Hall–Kier alpha value is -3.98. The second kappa shape index (κ2) is 9.11. The van der Waals surface area contributed by atoms with Gasteiger partial charge in [0.1, 0.15) is 17.8 Å². The van der Waals surface area contributed by atoms with Crippen molar-refractivity contribution in [2.24, 2.45) is 13.0 Å². The largest absolute Gasteiger partial charge is 0.383 e. The second-order valence-corrected chi connectivity index (χ2v) is 8.66. The molecule has 1 saturated heterocycles. The van der Waals surface area contributed by atoms with Gasteiger partial charge in [-0.15, -0.1) is 0 Å². The SMILES string of the molecule is C=CC(=O)Nc1ccc(-c2c(-c3cnn(CC4CCNCC4)c3)c3c(N)ncnc3n2C)cc1. The number of carbonyl (C=O) groups excluding carboxylic acids is 1. The third kappa shape index (κ3) is 4.06. The summed E-state index contributed by atoms with van der Waals surface area (Å²) in [4.78, 5) is 20.4. The van der Waals surface area contributed by atoms with Crippen molar-refractivity contribution in [3.63, 3.8) is 0 Å². The molecular weight excluding hydrogens is 428 g/mol. The molecule has 0 radical (unpaired) electrons. The summed E-state index contributed by atoms with van der Waals surface area (Å²) < 4.78 is 4.06. The van der Waals surface area contributed by atoms with Crippen LogP contribution < -0.4 is 16.4 Å². The number of amides is 1. The van der Waals surface area contributed by atoms with E-state index in [2.05, 4.69) is 38.5 Å². The normalized spacial score (nSPS) is 14.4. The molecule has 0 bridgehead atoms. The minimum Gasteiger partial charge on any atom is -0.383 e. The molecule has 1 aromatic carbocycles. The molecule has 1 amide bonds. The molecule has 4 aromatic rings. The van der Waals surface area contributed by atoms with Crippen LogP contribution in [0.15, 0.2) is 55.6 Å². The molecule has 1 aliphatic rings. The van der Waals surface area contributed by atoms with Gasteiger partial charge in [-0.05, 0) is 55.6 Å². The summed E-state index contributed by atoms with van der Waals surface area (Å²) in [6, 6.07) is 7.68. The molecule has 174 valence electrons. The first-order chi connectivity index (χ1) is 16.5. The number of nitrogen functional groups attached to an aromatic ring is 1. The van der Waals surface area contributed by atoms with Gasteiger partial charge >= 0.3 is 0 Å². The van der Waals surface area contributed by atoms with Gasteiger partial charge in [0.2, 0.25) is 5.91 Å². The number of benzene rings is 1. The molecule has 9 heteroatoms. The first kappa shape index (κ1) is 21.8. The number of fused-ring (bicyclic) bond motifs is 1. The quantitative estimate of drug-likeness (QED) is 0.384. The number of nitrogens with zero attached hydrogens (tertiary/aromatic N) is 5. The van der Waals surface area contributed by atoms with Gasteiger partial charge < -0.3 is 20.9 Å². The van der Waals surface area contributed by atoms with Gasteiger partial charge in [-0.25, -0.2) is 9.97 Å². The van der Waals surface area contributed by atoms with E-state index in [1.165, 1.54) is 12.4 Å². The molecule has 3 aromatic heterocycles. The minimum absolute atomic E-state index is 0.248. The summed E-state index contributed by atoms with van der Waals surface area (Å²) in [6.07, 6.45) is 9.03. The molecule has 0 saturated carbocycles. The lowest BCUT2D eigenvalue weighted by molar-refractivity contribution is -0.111. The summed E-state index contributed by atoms with van der Waals surface area (Å²) in [5, 5.41) is 11.7. The Morgan fingerprint density at radius 2 is 2.00 bits per heavy atom. The number of nitrogens with one attached hydrogen (secondary N) is 2. The number of hydrogen-bond donors (Lipinski definition) is 3. The minimum atomic E-state index is -0.248. The van der Waals surface area contributed by atoms with Crippen molar-refractivity contribution >= 4 is 28.4 Å². The van der Waals surface area contributed by atoms with E-state index in [-0.39, 0.29) is 5.91 Å². The first-order valence-electron chi connectivity index (χ1n) is 11.4. The van der Waals surface area contributed by atoms with Gasteiger partial charge in [0.05, 0.1) is 17.3 Å². The Morgan fingerprint density at radius 3 is 2.74 bits per heavy atom. The number of carbonyl (C=O) groups is 1. The third-order valence-corrected chi connectivity index (χ3v) is 6.43. The molecule has 0 atom stereocenters. The zero-order chi connectivity index (χ0) is 23.7. The van der Waals surface area contributed by atoms with Crippen LogP contribution in [-0.4, -0.2) is 43.3 Å². The number of nitrogens with two attached hydrogens (primary N) is 1. The van der Waals surface area contributed by atoms with Gasteiger partial charge in [-0.1, -0.05) is 18.7 Å². The van der Waals surface area contributed by atoms with Crippen LogP contribution in [0.3, 0.4) is 0 Å². The van der Waals surface area contributed by atoms with Crippen LogP contribution in [0.2, 0.25) is 0 Å². The van der Waals surface area contributed by atoms with Gasteiger partial charge in [0.15, 0.2) is 0 Å². The highest BCUT2D eigenvalue weighted by Gasteiger charge is 2.23. The highest BCUT2D eigenvalue weighted by molar-refractivity contribution is 6.07. The van der Waals surface area contributed by atoms with Crippen molar-refractivity contribution < 1.29 is 4.79 Å². The first-order valence-corrected chi connectivity index (χ1v) is 11.4. The summed E-state index contributed by atoms with van der Waals surface area (Å²) in [5.74, 6) is 0.804. The summed E-state index contributed by atoms with van der Waals surface area (Å²) in [6.45, 7) is 6.51. The predicted octanol–water partition coefficient (Wildman–Crippen LogP) is 3.21. The Morgan fingerprint density at radius 1 is 1.24 bits per heavy atom. The number of rotatable bonds is 6. The Balaban J connectivity index is 1.58. The molecule has 4 heterocycles. The maximum Gasteiger partial charge on any atom is 0.247 e. The Labute approximate surface area is 197 Å². The second-order valence-electron chi connectivity index (χ2n) is 8.66. The average Bonchev–Trinajstić information content (AvgIpc) is 3.43. The zero-order valence-electron chi connectivity index (χ0n) is 19.2. The van der Waals surface area contributed by atoms with Crippen LogP contribution in [0.1, 0.15) is 12.8 Å². The lowest BCUT2D eigenvalue weighted by Crippen LogP contribution is -2.29. The van der Waals surface area contributed by atoms with E-state index < -0.39 is 0 Å². The number of aromatic nitrogens is 5. The van der Waals surface area contributed by atoms with E-state index in [4.69, 9.17) is 5.73 Å². The average molecular weight is 457 g/mol. The molecule has 5 rings (SSSR count). The van der Waals surface area contributed by atoms with Gasteiger partial charge in [0, 0.05) is 36.6 Å². The van der Waals surface area contributed by atoms with Gasteiger partial charge in [-0.2, -0.15) is 5.10 Å². The standard InChI is InChI=1S/C25H28N8O/c1-3-20(34)31-19-6-4-17(5-7-19)23-21(22-24(26)28-15-29-25(22)32(23)2)18-12-30-33(14-18)13-16-8-10-27-11-9-16/h3-7,12,14-16,27H,1,8-11,13H2,2H3,(H,31,34)(H2,26,28,29). The van der Waals surface area contributed by atoms with E-state index >= 15 is 0 Å². The lowest BCUT2D eigenvalue weighted by Gasteiger charge is -2.22. The van der Waals surface area contributed by atoms with Crippen LogP contribution >= 0.6 is 0 Å². The molecule has 9 nitrogen and oxygen atoms in total. The predicted molar refractivity (Wildman–Crippen MR) is 134 cm³/mol. The fourth-order valence-corrected chi connectivity index (χ4v) is 4.72. The van der Waals surface area contributed by atoms with Crippen LogP contribution in [0, 0.1) is 5.92 Å². The fraction of sp³-hybridized carbons (Fsp3) is 0.280. The molecule has 0 aliphatic carbocycles. The van der Waals surface area contributed by atoms with Crippen LogP contribution in [-0.2, 0) is 18.4 Å². The number of piperidine rings is 1. The van der Waals surface area contributed by atoms with Crippen LogP contribution in [0.5, 0.6) is 0 Å². The Kier molecular flexibility index (Phi) is 5.85. The van der Waals surface area contributed by atoms with Crippen molar-refractivity contribution in [1.82, 2.24) is 29.6 Å². The molecule has 1 aliphatic heterocycles. The topological polar surface area (TPSA) is 116 Å². The summed E-state index contributed by atoms with van der Waals surface area (Å²) in [5.41, 5.74) is 11.7. The number of anilines is 2. The van der Waals surface area contributed by atoms with E-state index in [0.717, 1.165) is 65.9 Å². The summed E-state index contributed by atoms with van der Waals surface area (Å²) in [7, 11) is 1.97. The van der Waals surface area contributed by atoms with Gasteiger partial charge in [0.25, 0.3) is 0 Å². The zero-order valence-corrected chi connectivity index (χ0v) is 19.2. The third-order valence-electron chi connectivity index (χ3n) is 6.43. The lowest BCUT2D eigenvalue weighted by atomic mass is 9.98. The van der Waals surface area contributed by atoms with Crippen molar-refractivity contribution in [3.8, 4) is 22.4 Å². The van der Waals surface area contributed by atoms with Crippen molar-refractivity contribution in [1.29, 1.82) is 0 Å². The van der Waals surface area contributed by atoms with E-state index in [9.17, 15) is 4.79 Å². The monoisotopic (exact) mass is 456 g/mol. The van der Waals surface area contributed by atoms with Crippen molar-refractivity contribution in [3.05, 3.63) is 55.6 Å². The van der Waals surface area contributed by atoms with E-state index in [1.807, 2.05) is 46.8 Å². The number of hydrogen-bond acceptors (Lipinski definition) is 6. The Bertz CT molecular complexity index is 1350. The molecule has 1 fully saturated rings. The molecule has 0 unspecified atom stereocenters. The maximum absolute atomic E-state index is 11.7. The highest BCUT2D eigenvalue weighted by Crippen LogP contribution is 2.41. The maximum atomic E-state index is 11.7. The fourth-order valence-electron chi connectivity index (χ4n) is 4.72. The number of aryl methyl sites for hydroxylation is 1. The highest BCUT2D eigenvalue weighted by atomic mass is 16.1. The molecular formula is C25H28N8O. The van der Waals surface area contributed by atoms with Crippen molar-refractivity contribution in [2.75, 3.05) is 24.1 Å². The van der Waals surface area contributed by atoms with Crippen LogP contribution in [0.25, 0.3) is 33.4 Å². The van der Waals surface area contributed by atoms with Crippen molar-refractivity contribution in [2.45, 2.75) is 19.4 Å². The molecule has 34 heavy (non-hydrogen) atoms. The smallest absolute Gasteiger partial charge is 0.247 e. The molecule has 0 spiro atoms. The van der Waals surface area contributed by atoms with Gasteiger partial charge in [-0.3, -0.25) is 9.48 Å². The van der Waals surface area contributed by atoms with E-state index in [0.29, 0.717) is 17.4 Å². The van der Waals surface area contributed by atoms with E-state index in [1.54, 1.807) is 0 Å². The van der Waals surface area contributed by atoms with Crippen LogP contribution in [0.4, 0.5) is 11.5 Å². The summed E-state index contributed by atoms with van der Waals surface area (Å²) >= 11 is 0.